The van der Waals surface area contributed by atoms with Crippen LogP contribution in [0.4, 0.5) is 4.39 Å². The maximum Gasteiger partial charge on any atom is 0.140 e. The minimum atomic E-state index is -0.939. The minimum Gasteiger partial charge on any atom is -0.463 e. The Morgan fingerprint density at radius 3 is 2.77 bits per heavy atom. The largest absolute Gasteiger partial charge is 0.463 e. The van der Waals surface area contributed by atoms with Crippen molar-refractivity contribution < 1.29 is 13.9 Å². The van der Waals surface area contributed by atoms with Gasteiger partial charge < -0.3 is 9.52 Å². The van der Waals surface area contributed by atoms with Gasteiger partial charge in [-0.2, -0.15) is 0 Å². The average molecular weight is 383 g/mol. The first-order valence-electron chi connectivity index (χ1n) is 7.93. The molecular weight excluding hydrogens is 368 g/mol. The van der Waals surface area contributed by atoms with Crippen molar-refractivity contribution in [2.24, 2.45) is 0 Å². The third-order valence-corrected chi connectivity index (χ3v) is 5.31. The molecule has 4 aromatic rings. The topological polar surface area (TPSA) is 46.3 Å². The molecule has 26 heavy (non-hydrogen) atoms. The van der Waals surface area contributed by atoms with Gasteiger partial charge in [0.2, 0.25) is 0 Å². The van der Waals surface area contributed by atoms with Crippen LogP contribution in [0.25, 0.3) is 21.8 Å². The molecule has 4 rings (SSSR count). The molecular formula is C20H15FNO2PS. The van der Waals surface area contributed by atoms with E-state index in [9.17, 15) is 9.50 Å². The highest BCUT2D eigenvalue weighted by molar-refractivity contribution is 7.27. The van der Waals surface area contributed by atoms with Gasteiger partial charge in [0.15, 0.2) is 0 Å². The maximum atomic E-state index is 13.9. The van der Waals surface area contributed by atoms with Gasteiger partial charge in [0.05, 0.1) is 0 Å². The highest BCUT2D eigenvalue weighted by Crippen LogP contribution is 2.42. The zero-order valence-electron chi connectivity index (χ0n) is 13.6. The van der Waals surface area contributed by atoms with Gasteiger partial charge in [-0.15, -0.1) is 20.6 Å². The van der Waals surface area contributed by atoms with Crippen LogP contribution in [0.15, 0.2) is 70.9 Å². The average Bonchev–Trinajstić information content (AvgIpc) is 3.30. The number of furan rings is 1. The van der Waals surface area contributed by atoms with Crippen LogP contribution in [0.3, 0.4) is 0 Å². The zero-order valence-corrected chi connectivity index (χ0v) is 15.6. The number of hydrogen-bond acceptors (Lipinski definition) is 4. The Morgan fingerprint density at radius 2 is 2.08 bits per heavy atom. The summed E-state index contributed by atoms with van der Waals surface area (Å²) >= 11 is 1.55. The molecule has 130 valence electrons. The smallest absolute Gasteiger partial charge is 0.140 e. The van der Waals surface area contributed by atoms with Crippen molar-refractivity contribution in [1.29, 1.82) is 0 Å². The maximum absolute atomic E-state index is 13.9. The summed E-state index contributed by atoms with van der Waals surface area (Å²) in [5.41, 5.74) is 2.63. The number of nitrogens with zero attached hydrogens (tertiary/aromatic N) is 1. The van der Waals surface area contributed by atoms with Crippen LogP contribution < -0.4 is 5.30 Å². The quantitative estimate of drug-likeness (QED) is 0.516. The molecule has 3 aromatic heterocycles. The number of aliphatic hydroxyl groups excluding tert-OH is 1. The van der Waals surface area contributed by atoms with Gasteiger partial charge in [0, 0.05) is 39.5 Å². The van der Waals surface area contributed by atoms with Crippen molar-refractivity contribution in [2.75, 3.05) is 0 Å². The number of aliphatic hydroxyl groups is 1. The summed E-state index contributed by atoms with van der Waals surface area (Å²) in [4.78, 5) is 5.06. The summed E-state index contributed by atoms with van der Waals surface area (Å²) in [6, 6.07) is 12.1. The second-order valence-corrected chi connectivity index (χ2v) is 7.45. The summed E-state index contributed by atoms with van der Waals surface area (Å²) in [6.45, 7) is 0. The van der Waals surface area contributed by atoms with Crippen LogP contribution in [0.1, 0.15) is 17.2 Å². The van der Waals surface area contributed by atoms with Crippen LogP contribution in [0.2, 0.25) is 0 Å². The van der Waals surface area contributed by atoms with Crippen LogP contribution in [0.5, 0.6) is 0 Å². The lowest BCUT2D eigenvalue weighted by molar-refractivity contribution is 0.220. The Bertz CT molecular complexity index is 1010. The molecule has 0 aliphatic carbocycles. The SMILES string of the molecule is OC(c1cccnc1)c1c(-c2cccs2)coc1-c1cc(F)cc(P)c1. The fourth-order valence-electron chi connectivity index (χ4n) is 2.93. The second kappa shape index (κ2) is 7.12. The van der Waals surface area contributed by atoms with Gasteiger partial charge in [-0.25, -0.2) is 4.39 Å². The molecule has 1 N–H and O–H groups in total. The molecule has 0 bridgehead atoms. The molecule has 0 amide bonds. The van der Waals surface area contributed by atoms with E-state index in [0.717, 1.165) is 10.4 Å². The molecule has 3 heterocycles. The van der Waals surface area contributed by atoms with E-state index in [0.29, 0.717) is 27.8 Å². The lowest BCUT2D eigenvalue weighted by Crippen LogP contribution is -2.03. The van der Waals surface area contributed by atoms with Crippen molar-refractivity contribution in [1.82, 2.24) is 4.98 Å². The number of pyridine rings is 1. The summed E-state index contributed by atoms with van der Waals surface area (Å²) in [7, 11) is 2.49. The van der Waals surface area contributed by atoms with Gasteiger partial charge in [-0.05, 0) is 41.0 Å². The highest BCUT2D eigenvalue weighted by Gasteiger charge is 2.25. The molecule has 0 saturated carbocycles. The lowest BCUT2D eigenvalue weighted by Gasteiger charge is -2.13. The summed E-state index contributed by atoms with van der Waals surface area (Å²) in [5, 5.41) is 13.7. The van der Waals surface area contributed by atoms with Gasteiger partial charge >= 0.3 is 0 Å². The van der Waals surface area contributed by atoms with E-state index in [1.165, 1.54) is 12.1 Å². The van der Waals surface area contributed by atoms with Crippen molar-refractivity contribution >= 4 is 25.9 Å². The number of halogens is 1. The van der Waals surface area contributed by atoms with Crippen LogP contribution >= 0.6 is 20.6 Å². The van der Waals surface area contributed by atoms with Gasteiger partial charge in [0.25, 0.3) is 0 Å². The van der Waals surface area contributed by atoms with E-state index in [4.69, 9.17) is 4.42 Å². The third-order valence-electron chi connectivity index (χ3n) is 4.07. The molecule has 6 heteroatoms. The highest BCUT2D eigenvalue weighted by atomic mass is 32.1. The number of thiophene rings is 1. The molecule has 0 spiro atoms. The fourth-order valence-corrected chi connectivity index (χ4v) is 4.02. The number of hydrogen-bond donors (Lipinski definition) is 1. The lowest BCUT2D eigenvalue weighted by atomic mass is 9.96. The van der Waals surface area contributed by atoms with E-state index in [-0.39, 0.29) is 5.82 Å². The van der Waals surface area contributed by atoms with E-state index >= 15 is 0 Å². The standard InChI is InChI=1S/C20H15FNO2PS/c21-14-7-13(8-15(25)9-14)20-18(19(23)12-3-1-5-22-10-12)16(11-24-20)17-4-2-6-26-17/h1-11,19,23H,25H2. The number of benzene rings is 1. The van der Waals surface area contributed by atoms with Crippen LogP contribution in [0, 0.1) is 5.82 Å². The van der Waals surface area contributed by atoms with Gasteiger partial charge in [-0.1, -0.05) is 12.1 Å². The van der Waals surface area contributed by atoms with Crippen LogP contribution in [-0.4, -0.2) is 10.1 Å². The van der Waals surface area contributed by atoms with E-state index in [2.05, 4.69) is 14.2 Å². The predicted octanol–water partition coefficient (Wildman–Crippen LogP) is 4.79. The van der Waals surface area contributed by atoms with Crippen molar-refractivity contribution in [3.8, 4) is 21.8 Å². The molecule has 0 radical (unpaired) electrons. The van der Waals surface area contributed by atoms with Crippen LogP contribution in [-0.2, 0) is 0 Å². The Kier molecular flexibility index (Phi) is 4.68. The van der Waals surface area contributed by atoms with Crippen molar-refractivity contribution in [2.45, 2.75) is 6.10 Å². The van der Waals surface area contributed by atoms with Crippen molar-refractivity contribution in [3.05, 3.63) is 83.4 Å². The normalized spacial score (nSPS) is 12.3. The Hall–Kier alpha value is -2.33. The summed E-state index contributed by atoms with van der Waals surface area (Å²) in [6.07, 6.45) is 3.95. The van der Waals surface area contributed by atoms with Gasteiger partial charge in [-0.3, -0.25) is 4.98 Å². The first-order valence-corrected chi connectivity index (χ1v) is 9.39. The molecule has 1 aromatic carbocycles. The first kappa shape index (κ1) is 17.1. The second-order valence-electron chi connectivity index (χ2n) is 5.83. The predicted molar refractivity (Wildman–Crippen MR) is 105 cm³/mol. The monoisotopic (exact) mass is 383 g/mol. The summed E-state index contributed by atoms with van der Waals surface area (Å²) < 4.78 is 19.7. The zero-order chi connectivity index (χ0) is 18.1. The molecule has 0 saturated heterocycles. The number of rotatable bonds is 4. The van der Waals surface area contributed by atoms with Crippen molar-refractivity contribution in [3.63, 3.8) is 0 Å². The molecule has 0 fully saturated rings. The molecule has 0 aliphatic rings. The first-order chi connectivity index (χ1) is 12.6. The fraction of sp³-hybridized carbons (Fsp3) is 0.0500. The Morgan fingerprint density at radius 1 is 1.19 bits per heavy atom. The number of aromatic nitrogens is 1. The molecule has 0 aliphatic heterocycles. The van der Waals surface area contributed by atoms with E-state index in [1.54, 1.807) is 42.1 Å². The molecule has 2 unspecified atom stereocenters. The molecule has 2 atom stereocenters. The van der Waals surface area contributed by atoms with E-state index < -0.39 is 6.10 Å². The van der Waals surface area contributed by atoms with Gasteiger partial charge in [0.1, 0.15) is 23.9 Å². The minimum absolute atomic E-state index is 0.358. The third kappa shape index (κ3) is 3.21. The Labute approximate surface area is 156 Å². The summed E-state index contributed by atoms with van der Waals surface area (Å²) in [5.74, 6) is 0.0938. The van der Waals surface area contributed by atoms with E-state index in [1.807, 2.05) is 23.6 Å². The molecule has 3 nitrogen and oxygen atoms in total. The Balaban J connectivity index is 1.92.